The van der Waals surface area contributed by atoms with E-state index in [0.29, 0.717) is 11.4 Å². The molecule has 8 heteroatoms. The van der Waals surface area contributed by atoms with Gasteiger partial charge in [-0.3, -0.25) is 15.0 Å². The van der Waals surface area contributed by atoms with E-state index in [-0.39, 0.29) is 23.6 Å². The molecule has 0 atom stereocenters. The Morgan fingerprint density at radius 3 is 2.65 bits per heavy atom. The van der Waals surface area contributed by atoms with Crippen LogP contribution in [0.3, 0.4) is 0 Å². The average molecular weight is 382 g/mol. The maximum absolute atomic E-state index is 15.0. The number of Topliss-reactive ketones (excluding diaryl/α,β-unsaturated/α-hetero) is 1. The lowest BCUT2D eigenvalue weighted by Crippen LogP contribution is -3.25. The topological polar surface area (TPSA) is 68.9 Å². The zero-order chi connectivity index (χ0) is 18.8. The van der Waals surface area contributed by atoms with Crippen molar-refractivity contribution in [3.8, 4) is 0 Å². The van der Waals surface area contributed by atoms with Crippen LogP contribution in [0, 0.1) is 5.82 Å². The number of ketones is 1. The second-order valence-electron chi connectivity index (χ2n) is 6.59. The van der Waals surface area contributed by atoms with Crippen LogP contribution in [0.15, 0.2) is 22.7 Å². The van der Waals surface area contributed by atoms with E-state index in [9.17, 15) is 9.59 Å². The van der Waals surface area contributed by atoms with Crippen molar-refractivity contribution in [3.05, 3.63) is 29.2 Å². The van der Waals surface area contributed by atoms with Crippen molar-refractivity contribution in [1.29, 1.82) is 0 Å². The standard InChI is InChI=1S/C18H22FN3O3S/c1-4-25-18(24)12-10-20-14-11(16(12)23)9-13(19)15(17(14)26-3)22-7-5-21(2)6-8-22/h9-10H,4-8H2,1-3H3,(H,20,23)/p+3. The molecule has 0 radical (unpaired) electrons. The fourth-order valence-electron chi connectivity index (χ4n) is 3.52. The Bertz CT molecular complexity index is 773. The summed E-state index contributed by atoms with van der Waals surface area (Å²) in [4.78, 5) is 28.0. The lowest BCUT2D eigenvalue weighted by Gasteiger charge is -2.29. The number of piperazine rings is 1. The molecule has 0 saturated carbocycles. The lowest BCUT2D eigenvalue weighted by atomic mass is 9.98. The van der Waals surface area contributed by atoms with E-state index in [2.05, 4.69) is 7.05 Å². The average Bonchev–Trinajstić information content (AvgIpc) is 2.62. The van der Waals surface area contributed by atoms with Crippen LogP contribution in [0.2, 0.25) is 0 Å². The van der Waals surface area contributed by atoms with Gasteiger partial charge in [-0.25, -0.2) is 9.18 Å². The molecule has 0 amide bonds. The zero-order valence-corrected chi connectivity index (χ0v) is 16.1. The van der Waals surface area contributed by atoms with E-state index in [1.807, 2.05) is 6.26 Å². The van der Waals surface area contributed by atoms with Gasteiger partial charge in [0.2, 0.25) is 5.78 Å². The Morgan fingerprint density at radius 1 is 1.35 bits per heavy atom. The van der Waals surface area contributed by atoms with Crippen LogP contribution in [0.25, 0.3) is 0 Å². The largest absolute Gasteiger partial charge is 0.462 e. The minimum atomic E-state index is -0.665. The normalized spacial score (nSPS) is 22.6. The maximum Gasteiger partial charge on any atom is 0.347 e. The van der Waals surface area contributed by atoms with Gasteiger partial charge in [-0.1, -0.05) is 0 Å². The van der Waals surface area contributed by atoms with E-state index in [1.54, 1.807) is 12.2 Å². The van der Waals surface area contributed by atoms with Crippen LogP contribution in [-0.2, 0) is 9.53 Å². The third-order valence-electron chi connectivity index (χ3n) is 4.94. The van der Waals surface area contributed by atoms with Crippen molar-refractivity contribution in [2.24, 2.45) is 0 Å². The minimum absolute atomic E-state index is 0.0471. The number of thioether (sulfide) groups is 1. The van der Waals surface area contributed by atoms with E-state index < -0.39 is 11.8 Å². The van der Waals surface area contributed by atoms with E-state index >= 15 is 4.39 Å². The van der Waals surface area contributed by atoms with Crippen LogP contribution in [-0.4, -0.2) is 57.8 Å². The molecule has 2 aliphatic heterocycles. The molecular formula is C18H25FN3O3S+3. The van der Waals surface area contributed by atoms with E-state index in [4.69, 9.17) is 4.74 Å². The van der Waals surface area contributed by atoms with Gasteiger partial charge in [0, 0.05) is 0 Å². The maximum atomic E-state index is 15.0. The number of quaternary nitrogens is 3. The summed E-state index contributed by atoms with van der Waals surface area (Å²) in [5, 5.41) is 1.73. The van der Waals surface area contributed by atoms with Gasteiger partial charge in [-0.2, -0.15) is 0 Å². The van der Waals surface area contributed by atoms with Gasteiger partial charge in [0.15, 0.2) is 22.8 Å². The molecule has 0 aliphatic carbocycles. The fraction of sp³-hybridized carbons (Fsp3) is 0.444. The number of carbonyl (C=O) groups excluding carboxylic acids is 2. The summed E-state index contributed by atoms with van der Waals surface area (Å²) in [6.07, 6.45) is 3.38. The second-order valence-corrected chi connectivity index (χ2v) is 7.40. The highest BCUT2D eigenvalue weighted by atomic mass is 32.2. The summed E-state index contributed by atoms with van der Waals surface area (Å²) in [6, 6.07) is 1.29. The Kier molecular flexibility index (Phi) is 5.76. The van der Waals surface area contributed by atoms with Gasteiger partial charge in [0.25, 0.3) is 0 Å². The third kappa shape index (κ3) is 3.42. The quantitative estimate of drug-likeness (QED) is 0.255. The highest BCUT2D eigenvalue weighted by Gasteiger charge is 2.37. The lowest BCUT2D eigenvalue weighted by molar-refractivity contribution is -0.976. The van der Waals surface area contributed by atoms with E-state index in [0.717, 1.165) is 36.0 Å². The highest BCUT2D eigenvalue weighted by molar-refractivity contribution is 7.98. The molecule has 0 bridgehead atoms. The van der Waals surface area contributed by atoms with Crippen LogP contribution in [0.5, 0.6) is 0 Å². The predicted octanol–water partition coefficient (Wildman–Crippen LogP) is -1.57. The summed E-state index contributed by atoms with van der Waals surface area (Å²) >= 11 is 1.44. The first-order chi connectivity index (χ1) is 12.5. The molecule has 3 rings (SSSR count). The molecule has 6 nitrogen and oxygen atoms in total. The van der Waals surface area contributed by atoms with Gasteiger partial charge in [0.05, 0.1) is 19.2 Å². The molecule has 2 heterocycles. The Balaban J connectivity index is 2.01. The summed E-state index contributed by atoms with van der Waals surface area (Å²) in [6.45, 7) is 5.54. The monoisotopic (exact) mass is 382 g/mol. The van der Waals surface area contributed by atoms with Crippen LogP contribution >= 0.6 is 11.8 Å². The number of nitrogens with two attached hydrogens (primary N) is 1. The number of halogens is 1. The molecule has 1 saturated heterocycles. The summed E-state index contributed by atoms with van der Waals surface area (Å²) < 4.78 is 19.9. The molecule has 0 unspecified atom stereocenters. The zero-order valence-electron chi connectivity index (χ0n) is 15.3. The third-order valence-corrected chi connectivity index (χ3v) is 5.77. The van der Waals surface area contributed by atoms with Gasteiger partial charge in [-0.15, -0.1) is 11.8 Å². The number of hydrogen-bond acceptors (Lipinski definition) is 4. The molecule has 0 aromatic heterocycles. The Labute approximate surface area is 156 Å². The first-order valence-corrected chi connectivity index (χ1v) is 10.0. The number of ether oxygens (including phenoxy) is 1. The van der Waals surface area contributed by atoms with Gasteiger partial charge in [-0.05, 0) is 19.2 Å². The molecule has 2 aliphatic rings. The summed E-state index contributed by atoms with van der Waals surface area (Å²) in [5.41, 5.74) is 1.53. The van der Waals surface area contributed by atoms with Crippen molar-refractivity contribution in [2.75, 3.05) is 46.1 Å². The number of benzene rings is 1. The van der Waals surface area contributed by atoms with Crippen molar-refractivity contribution in [1.82, 2.24) is 0 Å². The number of hydrogen-bond donors (Lipinski definition) is 3. The highest BCUT2D eigenvalue weighted by Crippen LogP contribution is 2.35. The fourth-order valence-corrected chi connectivity index (χ4v) is 4.37. The van der Waals surface area contributed by atoms with Gasteiger partial charge < -0.3 is 9.64 Å². The molecule has 0 spiro atoms. The molecule has 26 heavy (non-hydrogen) atoms. The number of carbonyl (C=O) groups is 2. The van der Waals surface area contributed by atoms with E-state index in [1.165, 1.54) is 28.9 Å². The second kappa shape index (κ2) is 7.87. The number of rotatable bonds is 4. The SMILES string of the molecule is CCOC(=O)C1=C[NH2+]c2c(cc(F)c([NH+]3CC[NH+](C)CC3)c2SC)C1=O. The van der Waals surface area contributed by atoms with Crippen molar-refractivity contribution < 1.29 is 33.8 Å². The summed E-state index contributed by atoms with van der Waals surface area (Å²) in [7, 11) is 2.14. The minimum Gasteiger partial charge on any atom is -0.462 e. The number of fused-ring (bicyclic) bond motifs is 1. The number of likely N-dealkylation sites (N-methyl/N-ethyl adjacent to an activating group) is 1. The first kappa shape index (κ1) is 19.0. The molecular weight excluding hydrogens is 357 g/mol. The Morgan fingerprint density at radius 2 is 2.04 bits per heavy atom. The van der Waals surface area contributed by atoms with Crippen molar-refractivity contribution in [2.45, 2.75) is 11.8 Å². The van der Waals surface area contributed by atoms with Crippen LogP contribution in [0.4, 0.5) is 15.8 Å². The summed E-state index contributed by atoms with van der Waals surface area (Å²) in [5.74, 6) is -1.52. The Hall–Kier alpha value is -1.74. The molecule has 1 aromatic carbocycles. The first-order valence-electron chi connectivity index (χ1n) is 8.81. The van der Waals surface area contributed by atoms with Crippen LogP contribution in [0.1, 0.15) is 17.3 Å². The smallest absolute Gasteiger partial charge is 0.347 e. The number of esters is 1. The molecule has 1 fully saturated rings. The molecule has 1 aromatic rings. The molecule has 4 N–H and O–H groups in total. The number of nitrogens with one attached hydrogen (secondary N) is 2. The van der Waals surface area contributed by atoms with Crippen molar-refractivity contribution in [3.63, 3.8) is 0 Å². The molecule has 140 valence electrons. The predicted molar refractivity (Wildman–Crippen MR) is 95.8 cm³/mol. The van der Waals surface area contributed by atoms with Crippen LogP contribution < -0.4 is 15.1 Å². The van der Waals surface area contributed by atoms with Gasteiger partial charge in [0.1, 0.15) is 37.3 Å². The van der Waals surface area contributed by atoms with Gasteiger partial charge >= 0.3 is 5.97 Å². The van der Waals surface area contributed by atoms with Crippen molar-refractivity contribution >= 4 is 34.9 Å².